The van der Waals surface area contributed by atoms with Crippen molar-refractivity contribution >= 4 is 11.9 Å². The zero-order valence-corrected chi connectivity index (χ0v) is 29.3. The summed E-state index contributed by atoms with van der Waals surface area (Å²) in [7, 11) is 0. The van der Waals surface area contributed by atoms with E-state index in [-0.39, 0.29) is 31.6 Å². The van der Waals surface area contributed by atoms with Crippen LogP contribution in [0.3, 0.4) is 0 Å². The third-order valence-electron chi connectivity index (χ3n) is 7.17. The Balaban J connectivity index is 3.77. The molecule has 0 bridgehead atoms. The van der Waals surface area contributed by atoms with Crippen molar-refractivity contribution < 1.29 is 24.2 Å². The van der Waals surface area contributed by atoms with E-state index < -0.39 is 6.10 Å². The molecule has 0 aromatic heterocycles. The maximum Gasteiger partial charge on any atom is 0.306 e. The Labute approximate surface area is 282 Å². The van der Waals surface area contributed by atoms with E-state index in [0.717, 1.165) is 64.2 Å². The number of ether oxygens (including phenoxy) is 2. The smallest absolute Gasteiger partial charge is 0.306 e. The van der Waals surface area contributed by atoms with Crippen LogP contribution in [0.2, 0.25) is 0 Å². The molecule has 0 aliphatic carbocycles. The standard InChI is InChI=1S/C41H66O5/c1-3-5-7-9-11-13-15-17-19-20-22-24-26-28-30-32-34-36-41(44)46-39(37-42)38-45-40(43)35-33-31-29-27-25-23-21-18-16-14-12-10-8-6-4-2/h6,8,12,14,17-19,21-22,24-25,27-28,30,39,42H,3-5,7,9-11,13,15-16,20,23,26,29,31-38H2,1-2H3/b8-6-,14-12-,19-17-,21-18-,24-22-,27-25-,30-28-/t39-/m0/s1. The molecule has 0 fully saturated rings. The molecule has 0 rings (SSSR count). The molecule has 0 heterocycles. The van der Waals surface area contributed by atoms with Gasteiger partial charge in [-0.1, -0.05) is 131 Å². The molecule has 0 aliphatic heterocycles. The van der Waals surface area contributed by atoms with Crippen LogP contribution in [0.25, 0.3) is 0 Å². The first kappa shape index (κ1) is 43.1. The Hall–Kier alpha value is -2.92. The molecule has 1 atom stereocenters. The number of aliphatic hydroxyl groups is 1. The van der Waals surface area contributed by atoms with Crippen molar-refractivity contribution in [1.29, 1.82) is 0 Å². The Bertz CT molecular complexity index is 906. The second-order valence-corrected chi connectivity index (χ2v) is 11.6. The fourth-order valence-electron chi connectivity index (χ4n) is 4.44. The fourth-order valence-corrected chi connectivity index (χ4v) is 4.44. The molecular formula is C41H66O5. The van der Waals surface area contributed by atoms with E-state index in [4.69, 9.17) is 9.47 Å². The summed E-state index contributed by atoms with van der Waals surface area (Å²) in [5, 5.41) is 9.52. The van der Waals surface area contributed by atoms with Crippen molar-refractivity contribution in [1.82, 2.24) is 0 Å². The number of carbonyl (C=O) groups is 2. The molecule has 5 heteroatoms. The average molecular weight is 639 g/mol. The van der Waals surface area contributed by atoms with Crippen LogP contribution in [-0.2, 0) is 19.1 Å². The van der Waals surface area contributed by atoms with Crippen LogP contribution in [0.1, 0.15) is 142 Å². The third kappa shape index (κ3) is 34.0. The van der Waals surface area contributed by atoms with Crippen molar-refractivity contribution in [3.05, 3.63) is 85.1 Å². The molecule has 0 saturated heterocycles. The number of hydrogen-bond donors (Lipinski definition) is 1. The molecule has 0 amide bonds. The van der Waals surface area contributed by atoms with Crippen LogP contribution < -0.4 is 0 Å². The lowest BCUT2D eigenvalue weighted by atomic mass is 10.1. The van der Waals surface area contributed by atoms with Gasteiger partial charge in [0.2, 0.25) is 0 Å². The first-order valence-corrected chi connectivity index (χ1v) is 18.1. The number of aliphatic hydroxyl groups excluding tert-OH is 1. The second-order valence-electron chi connectivity index (χ2n) is 11.6. The van der Waals surface area contributed by atoms with Gasteiger partial charge in [0, 0.05) is 12.8 Å². The van der Waals surface area contributed by atoms with Gasteiger partial charge in [-0.05, 0) is 83.5 Å². The van der Waals surface area contributed by atoms with Crippen molar-refractivity contribution in [2.45, 2.75) is 148 Å². The summed E-state index contributed by atoms with van der Waals surface area (Å²) in [5.74, 6) is -0.711. The Morgan fingerprint density at radius 2 is 0.957 bits per heavy atom. The lowest BCUT2D eigenvalue weighted by Crippen LogP contribution is -2.28. The summed E-state index contributed by atoms with van der Waals surface area (Å²) in [5.41, 5.74) is 0. The molecule has 0 aliphatic rings. The Kier molecular flexibility index (Phi) is 34.2. The maximum atomic E-state index is 12.1. The third-order valence-corrected chi connectivity index (χ3v) is 7.17. The Morgan fingerprint density at radius 3 is 1.48 bits per heavy atom. The minimum atomic E-state index is -0.818. The van der Waals surface area contributed by atoms with Gasteiger partial charge in [0.1, 0.15) is 6.61 Å². The predicted octanol–water partition coefficient (Wildman–Crippen LogP) is 11.2. The van der Waals surface area contributed by atoms with Gasteiger partial charge in [-0.15, -0.1) is 0 Å². The summed E-state index contributed by atoms with van der Waals surface area (Å²) in [6, 6.07) is 0. The van der Waals surface area contributed by atoms with Gasteiger partial charge >= 0.3 is 11.9 Å². The second kappa shape index (κ2) is 36.5. The summed E-state index contributed by atoms with van der Waals surface area (Å²) in [6.07, 6.45) is 49.3. The van der Waals surface area contributed by atoms with Gasteiger partial charge in [-0.3, -0.25) is 9.59 Å². The summed E-state index contributed by atoms with van der Waals surface area (Å²) in [4.78, 5) is 24.1. The van der Waals surface area contributed by atoms with Crippen LogP contribution in [-0.4, -0.2) is 36.4 Å². The number of allylic oxidation sites excluding steroid dienone is 14. The lowest BCUT2D eigenvalue weighted by molar-refractivity contribution is -0.161. The zero-order valence-electron chi connectivity index (χ0n) is 29.3. The Morgan fingerprint density at radius 1 is 0.522 bits per heavy atom. The molecule has 0 aromatic carbocycles. The van der Waals surface area contributed by atoms with Crippen molar-refractivity contribution in [2.75, 3.05) is 13.2 Å². The van der Waals surface area contributed by atoms with Gasteiger partial charge in [-0.2, -0.15) is 0 Å². The highest BCUT2D eigenvalue weighted by atomic mass is 16.6. The monoisotopic (exact) mass is 638 g/mol. The van der Waals surface area contributed by atoms with E-state index in [1.807, 2.05) is 0 Å². The summed E-state index contributed by atoms with van der Waals surface area (Å²) >= 11 is 0. The van der Waals surface area contributed by atoms with Crippen LogP contribution in [0.15, 0.2) is 85.1 Å². The molecular weight excluding hydrogens is 572 g/mol. The first-order chi connectivity index (χ1) is 22.6. The van der Waals surface area contributed by atoms with Gasteiger partial charge in [-0.25, -0.2) is 0 Å². The minimum absolute atomic E-state index is 0.113. The number of unbranched alkanes of at least 4 members (excludes halogenated alkanes) is 9. The zero-order chi connectivity index (χ0) is 33.6. The van der Waals surface area contributed by atoms with E-state index in [1.54, 1.807) is 0 Å². The molecule has 1 N–H and O–H groups in total. The van der Waals surface area contributed by atoms with E-state index in [2.05, 4.69) is 98.9 Å². The van der Waals surface area contributed by atoms with Crippen LogP contribution >= 0.6 is 0 Å². The van der Waals surface area contributed by atoms with E-state index in [9.17, 15) is 14.7 Å². The van der Waals surface area contributed by atoms with E-state index in [0.29, 0.717) is 12.8 Å². The van der Waals surface area contributed by atoms with Gasteiger partial charge < -0.3 is 14.6 Å². The van der Waals surface area contributed by atoms with Gasteiger partial charge in [0.25, 0.3) is 0 Å². The highest BCUT2D eigenvalue weighted by Crippen LogP contribution is 2.08. The van der Waals surface area contributed by atoms with Gasteiger partial charge in [0.15, 0.2) is 6.10 Å². The molecule has 260 valence electrons. The topological polar surface area (TPSA) is 72.8 Å². The molecule has 46 heavy (non-hydrogen) atoms. The van der Waals surface area contributed by atoms with E-state index in [1.165, 1.54) is 44.9 Å². The normalized spacial score (nSPS) is 13.2. The summed E-state index contributed by atoms with van der Waals surface area (Å²) in [6.45, 7) is 3.91. The molecule has 0 radical (unpaired) electrons. The van der Waals surface area contributed by atoms with Crippen LogP contribution in [0.5, 0.6) is 0 Å². The highest BCUT2D eigenvalue weighted by molar-refractivity contribution is 5.70. The average Bonchev–Trinajstić information content (AvgIpc) is 3.06. The highest BCUT2D eigenvalue weighted by Gasteiger charge is 2.15. The minimum Gasteiger partial charge on any atom is -0.462 e. The molecule has 0 spiro atoms. The SMILES string of the molecule is CC/C=C\C/C=C\C/C=C\C/C=C\CCCCC(=O)OC[C@H](CO)OC(=O)CCC/C=C\C/C=C\C/C=C\CCCCCCCC. The van der Waals surface area contributed by atoms with Crippen LogP contribution in [0, 0.1) is 0 Å². The molecule has 0 aromatic rings. The lowest BCUT2D eigenvalue weighted by Gasteiger charge is -2.15. The maximum absolute atomic E-state index is 12.1. The van der Waals surface area contributed by atoms with Crippen LogP contribution in [0.4, 0.5) is 0 Å². The van der Waals surface area contributed by atoms with Crippen molar-refractivity contribution in [2.24, 2.45) is 0 Å². The first-order valence-electron chi connectivity index (χ1n) is 18.1. The predicted molar refractivity (Wildman–Crippen MR) is 196 cm³/mol. The van der Waals surface area contributed by atoms with E-state index >= 15 is 0 Å². The molecule has 0 saturated carbocycles. The number of carbonyl (C=O) groups excluding carboxylic acids is 2. The molecule has 5 nitrogen and oxygen atoms in total. The number of rotatable bonds is 31. The quantitative estimate of drug-likeness (QED) is 0.0465. The van der Waals surface area contributed by atoms with Crippen molar-refractivity contribution in [3.63, 3.8) is 0 Å². The molecule has 0 unspecified atom stereocenters. The largest absolute Gasteiger partial charge is 0.462 e. The summed E-state index contributed by atoms with van der Waals surface area (Å²) < 4.78 is 10.5. The number of hydrogen-bond acceptors (Lipinski definition) is 5. The van der Waals surface area contributed by atoms with Crippen molar-refractivity contribution in [3.8, 4) is 0 Å². The van der Waals surface area contributed by atoms with Gasteiger partial charge in [0.05, 0.1) is 6.61 Å². The number of esters is 2. The fraction of sp³-hybridized carbons (Fsp3) is 0.610.